The molecule has 16 heteroatoms. The van der Waals surface area contributed by atoms with Crippen molar-refractivity contribution in [3.05, 3.63) is 205 Å². The first-order chi connectivity index (χ1) is 38.0. The number of aliphatic carboxylic acids is 1. The summed E-state index contributed by atoms with van der Waals surface area (Å²) in [5.41, 5.74) is 7.20. The number of anilines is 2. The molecular weight excluding hydrogens is 985 g/mol. The molecule has 0 aliphatic rings. The minimum atomic E-state index is -0.969. The van der Waals surface area contributed by atoms with Gasteiger partial charge in [-0.25, -0.2) is 29.5 Å². The van der Waals surface area contributed by atoms with Gasteiger partial charge in [0, 0.05) is 49.2 Å². The van der Waals surface area contributed by atoms with Gasteiger partial charge in [0.05, 0.1) is 18.0 Å². The fourth-order valence-corrected chi connectivity index (χ4v) is 7.80. The zero-order chi connectivity index (χ0) is 54.9. The van der Waals surface area contributed by atoms with Crippen LogP contribution >= 0.6 is 0 Å². The Labute approximate surface area is 457 Å². The van der Waals surface area contributed by atoms with Crippen LogP contribution in [0.4, 0.5) is 11.6 Å². The molecule has 3 N–H and O–H groups in total. The summed E-state index contributed by atoms with van der Waals surface area (Å²) >= 11 is 0. The summed E-state index contributed by atoms with van der Waals surface area (Å²) in [5, 5.41) is 16.2. The summed E-state index contributed by atoms with van der Waals surface area (Å²) in [7, 11) is 7.98. The zero-order valence-corrected chi connectivity index (χ0v) is 44.8. The van der Waals surface area contributed by atoms with Gasteiger partial charge in [-0.1, -0.05) is 84.9 Å². The lowest BCUT2D eigenvalue weighted by Gasteiger charge is -2.19. The summed E-state index contributed by atoms with van der Waals surface area (Å²) < 4.78 is 28.8. The number of benzene rings is 6. The first-order valence-corrected chi connectivity index (χ1v) is 25.8. The maximum atomic E-state index is 12.9. The molecule has 2 heterocycles. The number of likely N-dealkylation sites (N-methyl/N-ethyl adjacent to an activating group) is 2. The Morgan fingerprint density at radius 1 is 0.487 bits per heavy atom. The van der Waals surface area contributed by atoms with E-state index in [0.29, 0.717) is 62.5 Å². The number of hydrogen-bond acceptors (Lipinski definition) is 15. The van der Waals surface area contributed by atoms with E-state index in [-0.39, 0.29) is 12.4 Å². The molecule has 0 saturated heterocycles. The van der Waals surface area contributed by atoms with Crippen LogP contribution < -0.4 is 29.6 Å². The number of esters is 1. The molecule has 404 valence electrons. The van der Waals surface area contributed by atoms with Crippen molar-refractivity contribution in [3.63, 3.8) is 0 Å². The number of rotatable bonds is 27. The standard InChI is InChI=1S/C32H36N4O4.C30H32N4O4/c1-4-38-32(37)30(20-25-11-8-12-28(19-25)39-18-17-36(2)3)35-31-21-29(33-23-34-31)26-13-15-27(16-14-26)40-22-24-9-6-5-7-10-24;1-34(2)15-16-37-26-10-6-9-23(17-26)18-28(30(35)36)33-29-19-27(31-21-32-29)24-11-13-25(14-12-24)38-20-22-7-4-3-5-8-22/h5-16,19,21,23,30H,4,17-18,20,22H2,1-3H3,(H,33,34,35);3-14,17,19,21,28H,15-16,18,20H2,1-2H3,(H,35,36)(H,31,32,33). The molecule has 0 saturated carbocycles. The van der Waals surface area contributed by atoms with Gasteiger partial charge in [0.2, 0.25) is 0 Å². The minimum absolute atomic E-state index is 0.271. The predicted octanol–water partition coefficient (Wildman–Crippen LogP) is 10.0. The van der Waals surface area contributed by atoms with Gasteiger partial charge in [-0.05, 0) is 130 Å². The topological polar surface area (TPSA) is 183 Å². The van der Waals surface area contributed by atoms with Crippen LogP contribution in [0.1, 0.15) is 29.2 Å². The number of nitrogens with one attached hydrogen (secondary N) is 2. The molecule has 0 aliphatic carbocycles. The van der Waals surface area contributed by atoms with Gasteiger partial charge in [-0.2, -0.15) is 0 Å². The number of carbonyl (C=O) groups is 2. The lowest BCUT2D eigenvalue weighted by atomic mass is 10.1. The average Bonchev–Trinajstić information content (AvgIpc) is 3.45. The molecule has 78 heavy (non-hydrogen) atoms. The van der Waals surface area contributed by atoms with Crippen LogP contribution in [0.3, 0.4) is 0 Å². The van der Waals surface area contributed by atoms with Gasteiger partial charge in [0.25, 0.3) is 0 Å². The Kier molecular flexibility index (Phi) is 21.9. The molecule has 8 aromatic rings. The average molecular weight is 1050 g/mol. The lowest BCUT2D eigenvalue weighted by Crippen LogP contribution is -2.34. The highest BCUT2D eigenvalue weighted by Crippen LogP contribution is 2.26. The van der Waals surface area contributed by atoms with Gasteiger partial charge in [0.15, 0.2) is 0 Å². The van der Waals surface area contributed by atoms with Crippen molar-refractivity contribution in [1.29, 1.82) is 0 Å². The monoisotopic (exact) mass is 1050 g/mol. The molecule has 8 rings (SSSR count). The van der Waals surface area contributed by atoms with Gasteiger partial charge in [-0.3, -0.25) is 0 Å². The molecule has 0 amide bonds. The molecule has 0 spiro atoms. The number of carboxylic acids is 1. The van der Waals surface area contributed by atoms with Crippen molar-refractivity contribution in [2.24, 2.45) is 0 Å². The normalized spacial score (nSPS) is 11.6. The summed E-state index contributed by atoms with van der Waals surface area (Å²) in [5.74, 6) is 2.66. The van der Waals surface area contributed by atoms with Crippen molar-refractivity contribution in [3.8, 4) is 45.5 Å². The van der Waals surface area contributed by atoms with Crippen LogP contribution in [-0.2, 0) is 40.4 Å². The van der Waals surface area contributed by atoms with E-state index < -0.39 is 18.1 Å². The van der Waals surface area contributed by atoms with E-state index >= 15 is 0 Å². The molecule has 2 atom stereocenters. The van der Waals surface area contributed by atoms with Crippen molar-refractivity contribution < 1.29 is 38.4 Å². The van der Waals surface area contributed by atoms with Crippen molar-refractivity contribution in [1.82, 2.24) is 29.7 Å². The molecule has 2 unspecified atom stereocenters. The third-order valence-corrected chi connectivity index (χ3v) is 11.9. The third kappa shape index (κ3) is 19.1. The van der Waals surface area contributed by atoms with E-state index in [0.717, 1.165) is 69.4 Å². The molecule has 0 fully saturated rings. The Bertz CT molecular complexity index is 3080. The highest BCUT2D eigenvalue weighted by atomic mass is 16.5. The number of carbonyl (C=O) groups excluding carboxylic acids is 1. The summed E-state index contributed by atoms with van der Waals surface area (Å²) in [6, 6.07) is 52.7. The van der Waals surface area contributed by atoms with Crippen LogP contribution in [-0.4, -0.2) is 120 Å². The maximum absolute atomic E-state index is 12.9. The molecule has 6 aromatic carbocycles. The molecule has 0 bridgehead atoms. The number of hydrogen-bond donors (Lipinski definition) is 3. The zero-order valence-electron chi connectivity index (χ0n) is 44.8. The van der Waals surface area contributed by atoms with E-state index in [4.69, 9.17) is 23.7 Å². The lowest BCUT2D eigenvalue weighted by molar-refractivity contribution is -0.144. The van der Waals surface area contributed by atoms with Gasteiger partial charge < -0.3 is 49.2 Å². The van der Waals surface area contributed by atoms with Crippen LogP contribution in [0, 0.1) is 0 Å². The Morgan fingerprint density at radius 3 is 1.33 bits per heavy atom. The van der Waals surface area contributed by atoms with Gasteiger partial charge in [0.1, 0.15) is 85.8 Å². The quantitative estimate of drug-likeness (QED) is 0.0413. The Balaban J connectivity index is 0.000000226. The second kappa shape index (κ2) is 30.0. The largest absolute Gasteiger partial charge is 0.492 e. The number of nitrogens with zero attached hydrogens (tertiary/aromatic N) is 6. The highest BCUT2D eigenvalue weighted by molar-refractivity contribution is 5.80. The van der Waals surface area contributed by atoms with Gasteiger partial charge in [-0.15, -0.1) is 0 Å². The SMILES string of the molecule is CCOC(=O)C(Cc1cccc(OCCN(C)C)c1)Nc1cc(-c2ccc(OCc3ccccc3)cc2)ncn1.CN(C)CCOc1cccc(CC(Nc2cc(-c3ccc(OCc4ccccc4)cc3)ncn2)C(=O)O)c1. The molecule has 0 radical (unpaired) electrons. The first-order valence-electron chi connectivity index (χ1n) is 25.8. The highest BCUT2D eigenvalue weighted by Gasteiger charge is 2.22. The maximum Gasteiger partial charge on any atom is 0.328 e. The smallest absolute Gasteiger partial charge is 0.328 e. The van der Waals surface area contributed by atoms with E-state index in [2.05, 4.69) is 35.5 Å². The van der Waals surface area contributed by atoms with Gasteiger partial charge >= 0.3 is 11.9 Å². The van der Waals surface area contributed by atoms with Crippen molar-refractivity contribution >= 4 is 23.6 Å². The van der Waals surface area contributed by atoms with Crippen molar-refractivity contribution in [2.75, 3.05) is 71.7 Å². The second-order valence-electron chi connectivity index (χ2n) is 18.7. The molecular formula is C62H68N8O8. The van der Waals surface area contributed by atoms with E-state index in [9.17, 15) is 14.7 Å². The van der Waals surface area contributed by atoms with E-state index in [1.807, 2.05) is 197 Å². The predicted molar refractivity (Wildman–Crippen MR) is 304 cm³/mol. The molecule has 0 aliphatic heterocycles. The number of carboxylic acid groups (broad SMARTS) is 1. The number of aromatic nitrogens is 4. The number of ether oxygens (including phenoxy) is 5. The van der Waals surface area contributed by atoms with Crippen LogP contribution in [0.25, 0.3) is 22.5 Å². The first kappa shape index (κ1) is 56.9. The van der Waals surface area contributed by atoms with Crippen LogP contribution in [0.2, 0.25) is 0 Å². The molecule has 2 aromatic heterocycles. The fraction of sp³-hybridized carbons (Fsp3) is 0.258. The minimum Gasteiger partial charge on any atom is -0.492 e. The summed E-state index contributed by atoms with van der Waals surface area (Å²) in [4.78, 5) is 46.4. The summed E-state index contributed by atoms with van der Waals surface area (Å²) in [6.45, 7) is 5.83. The third-order valence-electron chi connectivity index (χ3n) is 11.9. The van der Waals surface area contributed by atoms with E-state index in [1.54, 1.807) is 13.0 Å². The van der Waals surface area contributed by atoms with Crippen LogP contribution in [0.15, 0.2) is 183 Å². The molecule has 16 nitrogen and oxygen atoms in total. The Morgan fingerprint density at radius 2 is 0.910 bits per heavy atom. The summed E-state index contributed by atoms with van der Waals surface area (Å²) in [6.07, 6.45) is 3.60. The fourth-order valence-electron chi connectivity index (χ4n) is 7.80. The Hall–Kier alpha value is -8.86. The van der Waals surface area contributed by atoms with Crippen molar-refractivity contribution in [2.45, 2.75) is 45.1 Å². The van der Waals surface area contributed by atoms with Crippen LogP contribution in [0.5, 0.6) is 23.0 Å². The second-order valence-corrected chi connectivity index (χ2v) is 18.7. The van der Waals surface area contributed by atoms with E-state index in [1.165, 1.54) is 12.7 Å².